The average Bonchev–Trinajstić information content (AvgIpc) is 2.24. The van der Waals surface area contributed by atoms with Gasteiger partial charge in [-0.3, -0.25) is 4.79 Å². The van der Waals surface area contributed by atoms with Crippen LogP contribution < -0.4 is 11.1 Å². The number of amides is 1. The minimum Gasteiger partial charge on any atom is -0.356 e. The first kappa shape index (κ1) is 12.5. The second-order valence-corrected chi connectivity index (χ2v) is 4.77. The van der Waals surface area contributed by atoms with Gasteiger partial charge in [0.2, 0.25) is 5.91 Å². The van der Waals surface area contributed by atoms with Gasteiger partial charge in [0.25, 0.3) is 0 Å². The highest BCUT2D eigenvalue weighted by Crippen LogP contribution is 2.31. The molecule has 3 nitrogen and oxygen atoms in total. The molecule has 0 bridgehead atoms. The number of hydrogen-bond acceptors (Lipinski definition) is 2. The number of hydrogen-bond donors (Lipinski definition) is 2. The quantitative estimate of drug-likeness (QED) is 0.728. The highest BCUT2D eigenvalue weighted by atomic mass is 16.1. The molecule has 1 aliphatic carbocycles. The minimum atomic E-state index is 0.0964. The predicted molar refractivity (Wildman–Crippen MR) is 62.4 cm³/mol. The van der Waals surface area contributed by atoms with E-state index in [9.17, 15) is 4.79 Å². The van der Waals surface area contributed by atoms with Crippen molar-refractivity contribution in [2.45, 2.75) is 45.4 Å². The van der Waals surface area contributed by atoms with Crippen molar-refractivity contribution in [3.05, 3.63) is 0 Å². The largest absolute Gasteiger partial charge is 0.356 e. The Labute approximate surface area is 92.8 Å². The fraction of sp³-hybridized carbons (Fsp3) is 0.917. The summed E-state index contributed by atoms with van der Waals surface area (Å²) < 4.78 is 0. The lowest BCUT2D eigenvalue weighted by Crippen LogP contribution is -2.30. The van der Waals surface area contributed by atoms with Crippen molar-refractivity contribution in [1.82, 2.24) is 5.32 Å². The Bertz CT molecular complexity index is 194. The van der Waals surface area contributed by atoms with Crippen molar-refractivity contribution in [3.8, 4) is 0 Å². The highest BCUT2D eigenvalue weighted by molar-refractivity contribution is 5.72. The van der Waals surface area contributed by atoms with Crippen LogP contribution in [-0.4, -0.2) is 19.0 Å². The Morgan fingerprint density at radius 2 is 2.13 bits per heavy atom. The molecule has 0 aromatic rings. The van der Waals surface area contributed by atoms with E-state index in [2.05, 4.69) is 5.32 Å². The molecule has 0 radical (unpaired) electrons. The predicted octanol–water partition coefficient (Wildman–Crippen LogP) is 1.67. The van der Waals surface area contributed by atoms with Crippen LogP contribution in [-0.2, 0) is 4.79 Å². The standard InChI is InChI=1S/C12H24N2O/c1-10(15)14-9-12-5-2-4-11(8-12)6-3-7-13/h11-12H,2-9,13H2,1H3,(H,14,15). The summed E-state index contributed by atoms with van der Waals surface area (Å²) in [4.78, 5) is 10.8. The first-order chi connectivity index (χ1) is 7.22. The lowest BCUT2D eigenvalue weighted by Gasteiger charge is -2.29. The number of carbonyl (C=O) groups is 1. The van der Waals surface area contributed by atoms with E-state index in [1.165, 1.54) is 32.1 Å². The van der Waals surface area contributed by atoms with Crippen LogP contribution in [0, 0.1) is 11.8 Å². The molecule has 3 heteroatoms. The number of carbonyl (C=O) groups excluding carboxylic acids is 1. The van der Waals surface area contributed by atoms with Crippen LogP contribution in [0.15, 0.2) is 0 Å². The molecule has 1 amide bonds. The van der Waals surface area contributed by atoms with Gasteiger partial charge in [0, 0.05) is 13.5 Å². The fourth-order valence-corrected chi connectivity index (χ4v) is 2.54. The van der Waals surface area contributed by atoms with Gasteiger partial charge >= 0.3 is 0 Å². The third kappa shape index (κ3) is 5.17. The van der Waals surface area contributed by atoms with Crippen LogP contribution in [0.25, 0.3) is 0 Å². The molecule has 0 aromatic carbocycles. The van der Waals surface area contributed by atoms with Gasteiger partial charge < -0.3 is 11.1 Å². The van der Waals surface area contributed by atoms with Gasteiger partial charge in [-0.05, 0) is 44.1 Å². The van der Waals surface area contributed by atoms with Crippen LogP contribution in [0.3, 0.4) is 0 Å². The van der Waals surface area contributed by atoms with Crippen LogP contribution in [0.4, 0.5) is 0 Å². The molecule has 1 fully saturated rings. The van der Waals surface area contributed by atoms with Gasteiger partial charge in [-0.1, -0.05) is 12.8 Å². The van der Waals surface area contributed by atoms with Gasteiger partial charge in [0.1, 0.15) is 0 Å². The summed E-state index contributed by atoms with van der Waals surface area (Å²) in [6, 6.07) is 0. The van der Waals surface area contributed by atoms with Crippen molar-refractivity contribution in [1.29, 1.82) is 0 Å². The zero-order chi connectivity index (χ0) is 11.1. The Hall–Kier alpha value is -0.570. The summed E-state index contributed by atoms with van der Waals surface area (Å²) in [5.74, 6) is 1.64. The fourth-order valence-electron chi connectivity index (χ4n) is 2.54. The highest BCUT2D eigenvalue weighted by Gasteiger charge is 2.21. The third-order valence-electron chi connectivity index (χ3n) is 3.35. The molecule has 0 aromatic heterocycles. The maximum absolute atomic E-state index is 10.8. The van der Waals surface area contributed by atoms with Crippen LogP contribution >= 0.6 is 0 Å². The lowest BCUT2D eigenvalue weighted by atomic mass is 9.79. The molecule has 0 spiro atoms. The molecule has 1 saturated carbocycles. The zero-order valence-corrected chi connectivity index (χ0v) is 9.80. The smallest absolute Gasteiger partial charge is 0.216 e. The average molecular weight is 212 g/mol. The normalized spacial score (nSPS) is 26.3. The van der Waals surface area contributed by atoms with Crippen molar-refractivity contribution >= 4 is 5.91 Å². The summed E-state index contributed by atoms with van der Waals surface area (Å²) in [6.07, 6.45) is 7.65. The zero-order valence-electron chi connectivity index (χ0n) is 9.80. The Morgan fingerprint density at radius 1 is 1.40 bits per heavy atom. The molecule has 0 saturated heterocycles. The number of nitrogens with two attached hydrogens (primary N) is 1. The van der Waals surface area contributed by atoms with Gasteiger partial charge in [-0.25, -0.2) is 0 Å². The van der Waals surface area contributed by atoms with E-state index in [1.54, 1.807) is 6.92 Å². The maximum atomic E-state index is 10.8. The van der Waals surface area contributed by atoms with Crippen molar-refractivity contribution in [3.63, 3.8) is 0 Å². The van der Waals surface area contributed by atoms with E-state index in [4.69, 9.17) is 5.73 Å². The van der Waals surface area contributed by atoms with Crippen molar-refractivity contribution in [2.75, 3.05) is 13.1 Å². The van der Waals surface area contributed by atoms with Crippen LogP contribution in [0.2, 0.25) is 0 Å². The Morgan fingerprint density at radius 3 is 2.80 bits per heavy atom. The number of rotatable bonds is 5. The minimum absolute atomic E-state index is 0.0964. The SMILES string of the molecule is CC(=O)NCC1CCCC(CCCN)C1. The van der Waals surface area contributed by atoms with Crippen molar-refractivity contribution < 1.29 is 4.79 Å². The monoisotopic (exact) mass is 212 g/mol. The molecule has 2 atom stereocenters. The van der Waals surface area contributed by atoms with Gasteiger partial charge in [-0.2, -0.15) is 0 Å². The molecule has 88 valence electrons. The van der Waals surface area contributed by atoms with Crippen LogP contribution in [0.1, 0.15) is 45.4 Å². The summed E-state index contributed by atoms with van der Waals surface area (Å²) in [5.41, 5.74) is 5.52. The topological polar surface area (TPSA) is 55.1 Å². The molecule has 1 rings (SSSR count). The third-order valence-corrected chi connectivity index (χ3v) is 3.35. The molecule has 3 N–H and O–H groups in total. The van der Waals surface area contributed by atoms with Gasteiger partial charge in [0.15, 0.2) is 0 Å². The lowest BCUT2D eigenvalue weighted by molar-refractivity contribution is -0.119. The molecule has 0 aliphatic heterocycles. The molecule has 0 heterocycles. The first-order valence-electron chi connectivity index (χ1n) is 6.17. The summed E-state index contributed by atoms with van der Waals surface area (Å²) >= 11 is 0. The van der Waals surface area contributed by atoms with E-state index >= 15 is 0 Å². The second kappa shape index (κ2) is 6.83. The Balaban J connectivity index is 2.19. The van der Waals surface area contributed by atoms with E-state index in [0.29, 0.717) is 5.92 Å². The molecule has 1 aliphatic rings. The summed E-state index contributed by atoms with van der Waals surface area (Å²) in [6.45, 7) is 3.27. The second-order valence-electron chi connectivity index (χ2n) is 4.77. The molecular weight excluding hydrogens is 188 g/mol. The summed E-state index contributed by atoms with van der Waals surface area (Å²) in [7, 11) is 0. The van der Waals surface area contributed by atoms with E-state index in [1.807, 2.05) is 0 Å². The maximum Gasteiger partial charge on any atom is 0.216 e. The van der Waals surface area contributed by atoms with E-state index < -0.39 is 0 Å². The first-order valence-corrected chi connectivity index (χ1v) is 6.17. The Kier molecular flexibility index (Phi) is 5.69. The summed E-state index contributed by atoms with van der Waals surface area (Å²) in [5, 5.41) is 2.93. The number of nitrogens with one attached hydrogen (secondary N) is 1. The molecule has 2 unspecified atom stereocenters. The molecule has 15 heavy (non-hydrogen) atoms. The van der Waals surface area contributed by atoms with Crippen LogP contribution in [0.5, 0.6) is 0 Å². The molecular formula is C12H24N2O. The van der Waals surface area contributed by atoms with Crippen molar-refractivity contribution in [2.24, 2.45) is 17.6 Å². The van der Waals surface area contributed by atoms with E-state index in [-0.39, 0.29) is 5.91 Å². The van der Waals surface area contributed by atoms with Gasteiger partial charge in [0.05, 0.1) is 0 Å². The van der Waals surface area contributed by atoms with Gasteiger partial charge in [-0.15, -0.1) is 0 Å². The van der Waals surface area contributed by atoms with E-state index in [0.717, 1.165) is 25.4 Å².